The lowest BCUT2D eigenvalue weighted by molar-refractivity contribution is 0.282. The van der Waals surface area contributed by atoms with Crippen molar-refractivity contribution in [1.29, 1.82) is 0 Å². The van der Waals surface area contributed by atoms with Crippen LogP contribution in [0.5, 0.6) is 5.75 Å². The van der Waals surface area contributed by atoms with Gasteiger partial charge in [-0.25, -0.2) is 0 Å². The number of ether oxygens (including phenoxy) is 1. The molecule has 0 heterocycles. The standard InChI is InChI=1S/C19H30Cl2OSi/c1-15(2)14-16-4-6-17(7-5-16)18-8-10-19(11-9-18)22-12-3-13-23(20)21/h8-11,15-17,23H,3-7,12-14H2,1-2H3/t16-,17-. The fourth-order valence-electron chi connectivity index (χ4n) is 3.66. The SMILES string of the molecule is CC(C)C[C@H]1CC[C@H](c2ccc(OCCC[SiH](Cl)Cl)cc2)CC1. The summed E-state index contributed by atoms with van der Waals surface area (Å²) in [7, 11) is -1.47. The monoisotopic (exact) mass is 372 g/mol. The van der Waals surface area contributed by atoms with Crippen molar-refractivity contribution < 1.29 is 4.74 Å². The number of halogens is 2. The van der Waals surface area contributed by atoms with Crippen LogP contribution in [0, 0.1) is 11.8 Å². The summed E-state index contributed by atoms with van der Waals surface area (Å²) < 4.78 is 5.76. The van der Waals surface area contributed by atoms with Gasteiger partial charge in [0.05, 0.1) is 6.61 Å². The topological polar surface area (TPSA) is 9.23 Å². The Morgan fingerprint density at radius 2 is 1.74 bits per heavy atom. The van der Waals surface area contributed by atoms with Gasteiger partial charge in [-0.05, 0) is 80.0 Å². The summed E-state index contributed by atoms with van der Waals surface area (Å²) in [6.07, 6.45) is 7.81. The second-order valence-electron chi connectivity index (χ2n) is 7.30. The predicted molar refractivity (Wildman–Crippen MR) is 104 cm³/mol. The van der Waals surface area contributed by atoms with Crippen molar-refractivity contribution >= 4 is 29.6 Å². The zero-order chi connectivity index (χ0) is 16.7. The van der Waals surface area contributed by atoms with Gasteiger partial charge in [0, 0.05) is 0 Å². The largest absolute Gasteiger partial charge is 0.494 e. The minimum Gasteiger partial charge on any atom is -0.494 e. The van der Waals surface area contributed by atoms with E-state index in [-0.39, 0.29) is 0 Å². The minimum atomic E-state index is -1.47. The Balaban J connectivity index is 1.74. The van der Waals surface area contributed by atoms with Crippen LogP contribution in [0.3, 0.4) is 0 Å². The van der Waals surface area contributed by atoms with Crippen LogP contribution in [0.25, 0.3) is 0 Å². The molecule has 1 aromatic carbocycles. The van der Waals surface area contributed by atoms with E-state index in [1.54, 1.807) is 0 Å². The average Bonchev–Trinajstić information content (AvgIpc) is 2.52. The van der Waals surface area contributed by atoms with Gasteiger partial charge in [0.2, 0.25) is 7.42 Å². The second kappa shape index (κ2) is 9.96. The van der Waals surface area contributed by atoms with Gasteiger partial charge in [-0.3, -0.25) is 0 Å². The van der Waals surface area contributed by atoms with Crippen molar-refractivity contribution in [3.05, 3.63) is 29.8 Å². The highest BCUT2D eigenvalue weighted by Gasteiger charge is 2.22. The molecule has 23 heavy (non-hydrogen) atoms. The summed E-state index contributed by atoms with van der Waals surface area (Å²) in [5.41, 5.74) is 1.48. The Morgan fingerprint density at radius 3 is 2.30 bits per heavy atom. The molecule has 0 aliphatic heterocycles. The summed E-state index contributed by atoms with van der Waals surface area (Å²) in [5.74, 6) is 3.49. The Labute approximate surface area is 152 Å². The van der Waals surface area contributed by atoms with Crippen LogP contribution in [0.1, 0.15) is 63.9 Å². The molecule has 0 radical (unpaired) electrons. The summed E-state index contributed by atoms with van der Waals surface area (Å²) >= 11 is 11.7. The second-order valence-corrected chi connectivity index (χ2v) is 12.5. The van der Waals surface area contributed by atoms with Gasteiger partial charge in [0.1, 0.15) is 5.75 Å². The molecule has 2 rings (SSSR count). The molecule has 1 aromatic rings. The van der Waals surface area contributed by atoms with Crippen molar-refractivity contribution in [2.75, 3.05) is 6.61 Å². The van der Waals surface area contributed by atoms with Crippen molar-refractivity contribution in [2.45, 2.75) is 64.3 Å². The normalized spacial score (nSPS) is 21.8. The van der Waals surface area contributed by atoms with E-state index >= 15 is 0 Å². The van der Waals surface area contributed by atoms with Crippen LogP contribution in [-0.4, -0.2) is 14.0 Å². The highest BCUT2D eigenvalue weighted by molar-refractivity contribution is 7.33. The fraction of sp³-hybridized carbons (Fsp3) is 0.684. The van der Waals surface area contributed by atoms with Gasteiger partial charge in [-0.1, -0.05) is 26.0 Å². The lowest BCUT2D eigenvalue weighted by Crippen LogP contribution is -2.15. The first kappa shape index (κ1) is 19.1. The maximum Gasteiger partial charge on any atom is 0.237 e. The lowest BCUT2D eigenvalue weighted by Gasteiger charge is -2.29. The molecule has 1 fully saturated rings. The number of rotatable bonds is 8. The Bertz CT molecular complexity index is 439. The van der Waals surface area contributed by atoms with E-state index in [0.717, 1.165) is 36.0 Å². The Kier molecular flexibility index (Phi) is 8.29. The third-order valence-electron chi connectivity index (χ3n) is 4.84. The van der Waals surface area contributed by atoms with Gasteiger partial charge in [0.25, 0.3) is 0 Å². The van der Waals surface area contributed by atoms with Crippen LogP contribution in [0.15, 0.2) is 24.3 Å². The van der Waals surface area contributed by atoms with Crippen LogP contribution in [-0.2, 0) is 0 Å². The molecule has 1 saturated carbocycles. The maximum absolute atomic E-state index is 5.85. The molecule has 0 amide bonds. The van der Waals surface area contributed by atoms with Gasteiger partial charge in [-0.15, -0.1) is 0 Å². The van der Waals surface area contributed by atoms with E-state index in [1.807, 2.05) is 0 Å². The Morgan fingerprint density at radius 1 is 1.09 bits per heavy atom. The number of hydrogen-bond acceptors (Lipinski definition) is 1. The molecule has 1 aliphatic rings. The maximum atomic E-state index is 5.85. The minimum absolute atomic E-state index is 0.711. The van der Waals surface area contributed by atoms with E-state index in [4.69, 9.17) is 26.9 Å². The predicted octanol–water partition coefficient (Wildman–Crippen LogP) is 6.47. The molecule has 1 nitrogen and oxygen atoms in total. The summed E-state index contributed by atoms with van der Waals surface area (Å²) in [6, 6.07) is 9.66. The molecule has 0 aromatic heterocycles. The summed E-state index contributed by atoms with van der Waals surface area (Å²) in [6.45, 7) is 5.39. The van der Waals surface area contributed by atoms with Crippen LogP contribution in [0.2, 0.25) is 6.04 Å². The van der Waals surface area contributed by atoms with Crippen LogP contribution in [0.4, 0.5) is 0 Å². The average molecular weight is 373 g/mol. The molecule has 0 atom stereocenters. The molecule has 0 N–H and O–H groups in total. The van der Waals surface area contributed by atoms with E-state index < -0.39 is 7.42 Å². The fourth-order valence-corrected chi connectivity index (χ4v) is 5.06. The zero-order valence-electron chi connectivity index (χ0n) is 14.4. The van der Waals surface area contributed by atoms with Crippen LogP contribution < -0.4 is 4.74 Å². The lowest BCUT2D eigenvalue weighted by atomic mass is 9.76. The van der Waals surface area contributed by atoms with Gasteiger partial charge < -0.3 is 4.74 Å². The molecular formula is C19H30Cl2OSi. The first-order valence-corrected chi connectivity index (χ1v) is 13.4. The third kappa shape index (κ3) is 7.07. The van der Waals surface area contributed by atoms with Crippen molar-refractivity contribution in [3.63, 3.8) is 0 Å². The summed E-state index contributed by atoms with van der Waals surface area (Å²) in [5, 5.41) is 0. The number of hydrogen-bond donors (Lipinski definition) is 0. The molecule has 4 heteroatoms. The van der Waals surface area contributed by atoms with Gasteiger partial charge >= 0.3 is 0 Å². The van der Waals surface area contributed by atoms with Crippen LogP contribution >= 0.6 is 22.2 Å². The van der Waals surface area contributed by atoms with E-state index in [2.05, 4.69) is 38.1 Å². The van der Waals surface area contributed by atoms with Crippen molar-refractivity contribution in [1.82, 2.24) is 0 Å². The third-order valence-corrected chi connectivity index (χ3v) is 6.99. The quantitative estimate of drug-likeness (QED) is 0.288. The van der Waals surface area contributed by atoms with E-state index in [9.17, 15) is 0 Å². The van der Waals surface area contributed by atoms with E-state index in [0.29, 0.717) is 6.61 Å². The molecular weight excluding hydrogens is 343 g/mol. The smallest absolute Gasteiger partial charge is 0.237 e. The van der Waals surface area contributed by atoms with Crippen molar-refractivity contribution in [3.8, 4) is 5.75 Å². The van der Waals surface area contributed by atoms with Gasteiger partial charge in [0.15, 0.2) is 0 Å². The molecule has 1 aliphatic carbocycles. The number of benzene rings is 1. The molecule has 0 spiro atoms. The zero-order valence-corrected chi connectivity index (χ0v) is 17.1. The Hall–Kier alpha value is -0.183. The van der Waals surface area contributed by atoms with E-state index in [1.165, 1.54) is 37.7 Å². The highest BCUT2D eigenvalue weighted by Crippen LogP contribution is 2.38. The highest BCUT2D eigenvalue weighted by atomic mass is 35.7. The summed E-state index contributed by atoms with van der Waals surface area (Å²) in [4.78, 5) is 0. The molecule has 0 bridgehead atoms. The molecule has 0 unspecified atom stereocenters. The molecule has 130 valence electrons. The first-order valence-electron chi connectivity index (χ1n) is 9.05. The molecule has 0 saturated heterocycles. The van der Waals surface area contributed by atoms with Crippen molar-refractivity contribution in [2.24, 2.45) is 11.8 Å². The van der Waals surface area contributed by atoms with Gasteiger partial charge in [-0.2, -0.15) is 22.2 Å². The first-order chi connectivity index (χ1) is 11.0.